The third-order valence-corrected chi connectivity index (χ3v) is 6.51. The quantitative estimate of drug-likeness (QED) is 0.269. The highest BCUT2D eigenvalue weighted by molar-refractivity contribution is 7.99. The molecule has 0 aliphatic carbocycles. The van der Waals surface area contributed by atoms with Gasteiger partial charge in [-0.25, -0.2) is 4.98 Å². The molecule has 0 bridgehead atoms. The lowest BCUT2D eigenvalue weighted by Crippen LogP contribution is -2.23. The van der Waals surface area contributed by atoms with Gasteiger partial charge in [0.1, 0.15) is 11.5 Å². The Balaban J connectivity index is 1.65. The molecular weight excluding hydrogens is 462 g/mol. The summed E-state index contributed by atoms with van der Waals surface area (Å²) in [5, 5.41) is 3.82. The highest BCUT2D eigenvalue weighted by Gasteiger charge is 2.16. The van der Waals surface area contributed by atoms with E-state index < -0.39 is 0 Å². The van der Waals surface area contributed by atoms with E-state index in [2.05, 4.69) is 19.2 Å². The van der Waals surface area contributed by atoms with Crippen molar-refractivity contribution in [2.75, 3.05) is 25.3 Å². The van der Waals surface area contributed by atoms with Crippen LogP contribution < -0.4 is 20.3 Å². The van der Waals surface area contributed by atoms with Crippen molar-refractivity contribution in [3.05, 3.63) is 82.6 Å². The second-order valence-corrected chi connectivity index (χ2v) is 9.14. The van der Waals surface area contributed by atoms with E-state index in [0.29, 0.717) is 44.9 Å². The smallest absolute Gasteiger partial charge is 0.266 e. The Morgan fingerprint density at radius 2 is 1.77 bits per heavy atom. The molecule has 8 heteroatoms. The van der Waals surface area contributed by atoms with Gasteiger partial charge in [0.2, 0.25) is 5.91 Å². The van der Waals surface area contributed by atoms with Crippen molar-refractivity contribution in [2.45, 2.75) is 24.9 Å². The van der Waals surface area contributed by atoms with Gasteiger partial charge in [0.05, 0.1) is 42.3 Å². The number of amides is 1. The normalized spacial score (nSPS) is 11.0. The zero-order valence-corrected chi connectivity index (χ0v) is 20.9. The first-order chi connectivity index (χ1) is 16.9. The Labute approximate surface area is 208 Å². The van der Waals surface area contributed by atoms with Gasteiger partial charge in [-0.15, -0.1) is 0 Å². The number of ether oxygens (including phenoxy) is 2. The van der Waals surface area contributed by atoms with Crippen molar-refractivity contribution < 1.29 is 14.3 Å². The van der Waals surface area contributed by atoms with E-state index in [1.807, 2.05) is 36.4 Å². The van der Waals surface area contributed by atoms with Crippen molar-refractivity contribution >= 4 is 34.3 Å². The summed E-state index contributed by atoms with van der Waals surface area (Å²) in [5.41, 5.74) is 2.80. The second-order valence-electron chi connectivity index (χ2n) is 8.20. The molecule has 4 aromatic rings. The summed E-state index contributed by atoms with van der Waals surface area (Å²) in [5.74, 6) is 1.29. The Kier molecular flexibility index (Phi) is 7.41. The van der Waals surface area contributed by atoms with Crippen LogP contribution in [0.15, 0.2) is 76.7 Å². The summed E-state index contributed by atoms with van der Waals surface area (Å²) in [6, 6.07) is 20.3. The van der Waals surface area contributed by atoms with Crippen LogP contribution in [0.4, 0.5) is 5.69 Å². The number of thioether (sulfide) groups is 1. The first-order valence-electron chi connectivity index (χ1n) is 11.2. The lowest BCUT2D eigenvalue weighted by atomic mass is 10.0. The van der Waals surface area contributed by atoms with E-state index >= 15 is 0 Å². The van der Waals surface area contributed by atoms with Crippen molar-refractivity contribution in [1.82, 2.24) is 9.55 Å². The summed E-state index contributed by atoms with van der Waals surface area (Å²) in [4.78, 5) is 31.0. The second kappa shape index (κ2) is 10.7. The van der Waals surface area contributed by atoms with E-state index in [1.165, 1.54) is 24.4 Å². The maximum absolute atomic E-state index is 13.4. The molecule has 0 aliphatic rings. The molecular formula is C27H27N3O4S. The van der Waals surface area contributed by atoms with Gasteiger partial charge in [-0.2, -0.15) is 0 Å². The van der Waals surface area contributed by atoms with Gasteiger partial charge in [-0.1, -0.05) is 49.9 Å². The molecule has 1 amide bonds. The molecule has 4 rings (SSSR count). The highest BCUT2D eigenvalue weighted by Crippen LogP contribution is 2.29. The van der Waals surface area contributed by atoms with Crippen molar-refractivity contribution in [3.8, 4) is 17.2 Å². The van der Waals surface area contributed by atoms with Crippen molar-refractivity contribution in [1.29, 1.82) is 0 Å². The molecule has 1 heterocycles. The lowest BCUT2D eigenvalue weighted by Gasteiger charge is -2.15. The maximum atomic E-state index is 13.4. The third-order valence-electron chi connectivity index (χ3n) is 5.58. The van der Waals surface area contributed by atoms with Crippen LogP contribution >= 0.6 is 11.8 Å². The molecule has 35 heavy (non-hydrogen) atoms. The summed E-state index contributed by atoms with van der Waals surface area (Å²) in [6.45, 7) is 4.24. The van der Waals surface area contributed by atoms with Gasteiger partial charge in [-0.05, 0) is 47.9 Å². The molecule has 0 saturated heterocycles. The topological polar surface area (TPSA) is 82.5 Å². The van der Waals surface area contributed by atoms with Gasteiger partial charge in [0, 0.05) is 6.07 Å². The van der Waals surface area contributed by atoms with Crippen LogP contribution in [-0.4, -0.2) is 35.4 Å². The van der Waals surface area contributed by atoms with Crippen LogP contribution in [0.25, 0.3) is 16.6 Å². The van der Waals surface area contributed by atoms with Gasteiger partial charge >= 0.3 is 0 Å². The monoisotopic (exact) mass is 489 g/mol. The molecule has 7 nitrogen and oxygen atoms in total. The fourth-order valence-electron chi connectivity index (χ4n) is 3.67. The predicted octanol–water partition coefficient (Wildman–Crippen LogP) is 5.26. The summed E-state index contributed by atoms with van der Waals surface area (Å²) in [7, 11) is 3.09. The molecule has 0 unspecified atom stereocenters. The number of nitrogens with zero attached hydrogens (tertiary/aromatic N) is 2. The number of fused-ring (bicyclic) bond motifs is 1. The molecule has 1 N–H and O–H groups in total. The lowest BCUT2D eigenvalue weighted by molar-refractivity contribution is -0.113. The Morgan fingerprint density at radius 3 is 2.46 bits per heavy atom. The minimum Gasteiger partial charge on any atom is -0.497 e. The molecule has 0 aliphatic heterocycles. The van der Waals surface area contributed by atoms with Crippen LogP contribution in [0.1, 0.15) is 25.3 Å². The van der Waals surface area contributed by atoms with E-state index in [-0.39, 0.29) is 17.2 Å². The van der Waals surface area contributed by atoms with E-state index in [1.54, 1.807) is 42.0 Å². The minimum atomic E-state index is -0.259. The Hall–Kier alpha value is -3.78. The number of nitrogens with one attached hydrogen (secondary N) is 1. The SMILES string of the molecule is COc1ccc(OC)c(NC(=O)CSc2nc3ccccc3c(=O)n2-c2ccc(C(C)C)cc2)c1. The number of para-hydroxylation sites is 1. The highest BCUT2D eigenvalue weighted by atomic mass is 32.2. The molecule has 1 aromatic heterocycles. The summed E-state index contributed by atoms with van der Waals surface area (Å²) >= 11 is 1.20. The van der Waals surface area contributed by atoms with E-state index in [0.717, 1.165) is 0 Å². The number of hydrogen-bond acceptors (Lipinski definition) is 6. The summed E-state index contributed by atoms with van der Waals surface area (Å²) in [6.07, 6.45) is 0. The molecule has 0 fully saturated rings. The number of benzene rings is 3. The number of rotatable bonds is 8. The fraction of sp³-hybridized carbons (Fsp3) is 0.222. The Morgan fingerprint density at radius 1 is 1.03 bits per heavy atom. The number of aromatic nitrogens is 2. The van der Waals surface area contributed by atoms with Gasteiger partial charge < -0.3 is 14.8 Å². The van der Waals surface area contributed by atoms with Crippen molar-refractivity contribution in [3.63, 3.8) is 0 Å². The van der Waals surface area contributed by atoms with Gasteiger partial charge in [0.25, 0.3) is 5.56 Å². The number of methoxy groups -OCH3 is 2. The molecule has 0 atom stereocenters. The first kappa shape index (κ1) is 24.3. The van der Waals surface area contributed by atoms with Crippen LogP contribution in [-0.2, 0) is 4.79 Å². The van der Waals surface area contributed by atoms with Crippen LogP contribution in [0, 0.1) is 0 Å². The standard InChI is InChI=1S/C27H27N3O4S/c1-17(2)18-9-11-19(12-10-18)30-26(32)21-7-5-6-8-22(21)29-27(30)35-16-25(31)28-23-15-20(33-3)13-14-24(23)34-4/h5-15,17H,16H2,1-4H3,(H,28,31). The fourth-order valence-corrected chi connectivity index (χ4v) is 4.49. The molecule has 0 spiro atoms. The first-order valence-corrected chi connectivity index (χ1v) is 12.2. The molecule has 0 radical (unpaired) electrons. The van der Waals surface area contributed by atoms with Gasteiger partial charge in [-0.3, -0.25) is 14.2 Å². The third kappa shape index (κ3) is 5.33. The van der Waals surface area contributed by atoms with Crippen LogP contribution in [0.2, 0.25) is 0 Å². The molecule has 3 aromatic carbocycles. The molecule has 180 valence electrons. The van der Waals surface area contributed by atoms with Gasteiger partial charge in [0.15, 0.2) is 5.16 Å². The summed E-state index contributed by atoms with van der Waals surface area (Å²) < 4.78 is 12.2. The largest absolute Gasteiger partial charge is 0.497 e. The molecule has 0 saturated carbocycles. The predicted molar refractivity (Wildman–Crippen MR) is 140 cm³/mol. The van der Waals surface area contributed by atoms with E-state index in [4.69, 9.17) is 14.5 Å². The number of carbonyl (C=O) groups is 1. The number of hydrogen-bond donors (Lipinski definition) is 1. The number of carbonyl (C=O) groups excluding carboxylic acids is 1. The van der Waals surface area contributed by atoms with Crippen LogP contribution in [0.3, 0.4) is 0 Å². The van der Waals surface area contributed by atoms with E-state index in [9.17, 15) is 9.59 Å². The Bertz CT molecular complexity index is 1410. The minimum absolute atomic E-state index is 0.0508. The van der Waals surface area contributed by atoms with Crippen molar-refractivity contribution in [2.24, 2.45) is 0 Å². The number of anilines is 1. The zero-order valence-electron chi connectivity index (χ0n) is 20.1. The maximum Gasteiger partial charge on any atom is 0.266 e. The average molecular weight is 490 g/mol. The average Bonchev–Trinajstić information content (AvgIpc) is 2.87. The van der Waals surface area contributed by atoms with Crippen LogP contribution in [0.5, 0.6) is 11.5 Å². The zero-order chi connectivity index (χ0) is 24.9.